The fourth-order valence-corrected chi connectivity index (χ4v) is 3.80. The van der Waals surface area contributed by atoms with E-state index >= 15 is 0 Å². The molecule has 0 bridgehead atoms. The van der Waals surface area contributed by atoms with Crippen LogP contribution in [-0.2, 0) is 10.2 Å². The van der Waals surface area contributed by atoms with Crippen molar-refractivity contribution in [2.45, 2.75) is 24.7 Å². The van der Waals surface area contributed by atoms with E-state index in [4.69, 9.17) is 0 Å². The zero-order valence-corrected chi connectivity index (χ0v) is 12.0. The summed E-state index contributed by atoms with van der Waals surface area (Å²) in [5.41, 5.74) is 5.05. The second-order valence-corrected chi connectivity index (χ2v) is 6.25. The molecule has 3 heterocycles. The molecule has 5 rings (SSSR count). The molecule has 1 amide bonds. The molecule has 1 spiro atoms. The number of nitrogens with zero attached hydrogens (tertiary/aromatic N) is 1. The molecule has 1 aromatic carbocycles. The zero-order valence-electron chi connectivity index (χ0n) is 12.0. The molecule has 1 aliphatic heterocycles. The summed E-state index contributed by atoms with van der Waals surface area (Å²) in [5, 5.41) is 4.15. The fourth-order valence-electron chi connectivity index (χ4n) is 3.80. The highest BCUT2D eigenvalue weighted by atomic mass is 16.2. The first-order chi connectivity index (χ1) is 10.8. The maximum atomic E-state index is 12.3. The largest absolute Gasteiger partial charge is 0.346 e. The average molecular weight is 289 g/mol. The van der Waals surface area contributed by atoms with Gasteiger partial charge in [0.15, 0.2) is 0 Å². The number of hydrogen-bond acceptors (Lipinski definition) is 2. The monoisotopic (exact) mass is 289 g/mol. The normalized spacial score (nSPS) is 18.3. The van der Waals surface area contributed by atoms with Crippen molar-refractivity contribution in [1.82, 2.24) is 9.97 Å². The predicted octanol–water partition coefficient (Wildman–Crippen LogP) is 3.60. The van der Waals surface area contributed by atoms with Crippen LogP contribution in [0.4, 0.5) is 5.69 Å². The van der Waals surface area contributed by atoms with Crippen molar-refractivity contribution in [1.29, 1.82) is 0 Å². The topological polar surface area (TPSA) is 57.8 Å². The third-order valence-corrected chi connectivity index (χ3v) is 5.19. The summed E-state index contributed by atoms with van der Waals surface area (Å²) in [7, 11) is 0. The Balaban J connectivity index is 1.71. The van der Waals surface area contributed by atoms with Crippen molar-refractivity contribution in [3.63, 3.8) is 0 Å². The lowest BCUT2D eigenvalue weighted by Gasteiger charge is -2.36. The first-order valence-corrected chi connectivity index (χ1v) is 7.66. The van der Waals surface area contributed by atoms with Gasteiger partial charge in [0, 0.05) is 29.0 Å². The smallest absolute Gasteiger partial charge is 0.235 e. The molecule has 2 aromatic heterocycles. The third-order valence-electron chi connectivity index (χ3n) is 5.19. The summed E-state index contributed by atoms with van der Waals surface area (Å²) in [5.74, 6) is 0.173. The number of nitrogens with one attached hydrogen (secondary N) is 2. The molecule has 2 aliphatic rings. The Morgan fingerprint density at radius 2 is 2.09 bits per heavy atom. The number of carbonyl (C=O) groups excluding carboxylic acids is 1. The quantitative estimate of drug-likeness (QED) is 0.719. The van der Waals surface area contributed by atoms with Gasteiger partial charge in [-0.15, -0.1) is 0 Å². The summed E-state index contributed by atoms with van der Waals surface area (Å²) < 4.78 is 0. The maximum absolute atomic E-state index is 12.3. The lowest BCUT2D eigenvalue weighted by atomic mass is 9.65. The summed E-state index contributed by atoms with van der Waals surface area (Å²) in [6.07, 6.45) is 6.85. The van der Waals surface area contributed by atoms with Crippen molar-refractivity contribution in [2.24, 2.45) is 0 Å². The number of hydrogen-bond donors (Lipinski definition) is 2. The zero-order chi connectivity index (χ0) is 14.7. The predicted molar refractivity (Wildman–Crippen MR) is 85.7 cm³/mol. The minimum Gasteiger partial charge on any atom is -0.346 e. The molecule has 0 radical (unpaired) electrons. The van der Waals surface area contributed by atoms with E-state index in [0.717, 1.165) is 47.1 Å². The summed E-state index contributed by atoms with van der Waals surface area (Å²) in [6, 6.07) is 10.3. The molecule has 4 nitrogen and oxygen atoms in total. The van der Waals surface area contributed by atoms with Gasteiger partial charge in [-0.2, -0.15) is 0 Å². The first kappa shape index (κ1) is 12.0. The Labute approximate surface area is 127 Å². The van der Waals surface area contributed by atoms with E-state index in [1.807, 2.05) is 18.3 Å². The van der Waals surface area contributed by atoms with Gasteiger partial charge < -0.3 is 10.3 Å². The molecule has 1 fully saturated rings. The first-order valence-electron chi connectivity index (χ1n) is 7.66. The number of carbonyl (C=O) groups is 1. The Morgan fingerprint density at radius 3 is 2.91 bits per heavy atom. The molecular weight excluding hydrogens is 274 g/mol. The van der Waals surface area contributed by atoms with Crippen LogP contribution in [0.25, 0.3) is 22.2 Å². The minimum absolute atomic E-state index is 0.173. The average Bonchev–Trinajstić information content (AvgIpc) is 3.03. The van der Waals surface area contributed by atoms with Gasteiger partial charge in [-0.1, -0.05) is 12.5 Å². The number of rotatable bonds is 1. The van der Waals surface area contributed by atoms with Gasteiger partial charge in [0.05, 0.1) is 5.41 Å². The van der Waals surface area contributed by atoms with E-state index < -0.39 is 0 Å². The van der Waals surface area contributed by atoms with Gasteiger partial charge >= 0.3 is 0 Å². The van der Waals surface area contributed by atoms with Crippen LogP contribution < -0.4 is 5.32 Å². The van der Waals surface area contributed by atoms with Gasteiger partial charge in [-0.05, 0) is 48.2 Å². The van der Waals surface area contributed by atoms with E-state index in [0.29, 0.717) is 0 Å². The number of aromatic amines is 1. The van der Waals surface area contributed by atoms with Gasteiger partial charge in [-0.3, -0.25) is 4.79 Å². The summed E-state index contributed by atoms with van der Waals surface area (Å²) in [4.78, 5) is 19.9. The Hall–Kier alpha value is -2.62. The van der Waals surface area contributed by atoms with Gasteiger partial charge in [-0.25, -0.2) is 4.98 Å². The minimum atomic E-state index is -0.268. The number of H-pyrrole nitrogens is 1. The van der Waals surface area contributed by atoms with Crippen molar-refractivity contribution in [3.8, 4) is 11.1 Å². The highest BCUT2D eigenvalue weighted by molar-refractivity contribution is 6.07. The summed E-state index contributed by atoms with van der Waals surface area (Å²) in [6.45, 7) is 0. The highest BCUT2D eigenvalue weighted by Crippen LogP contribution is 2.51. The molecular formula is C18H15N3O. The molecule has 2 N–H and O–H groups in total. The van der Waals surface area contributed by atoms with Crippen molar-refractivity contribution < 1.29 is 4.79 Å². The lowest BCUT2D eigenvalue weighted by Crippen LogP contribution is -2.40. The SMILES string of the molecule is O=C1Nc2ccc(-c3c[nH]c4ncccc34)cc2C12CCC2. The van der Waals surface area contributed by atoms with E-state index in [2.05, 4.69) is 33.5 Å². The second-order valence-electron chi connectivity index (χ2n) is 6.25. The third kappa shape index (κ3) is 1.37. The van der Waals surface area contributed by atoms with Crippen LogP contribution >= 0.6 is 0 Å². The van der Waals surface area contributed by atoms with Crippen LogP contribution in [0.1, 0.15) is 24.8 Å². The van der Waals surface area contributed by atoms with Crippen LogP contribution in [0.3, 0.4) is 0 Å². The fraction of sp³-hybridized carbons (Fsp3) is 0.222. The number of amides is 1. The van der Waals surface area contributed by atoms with E-state index in [-0.39, 0.29) is 11.3 Å². The van der Waals surface area contributed by atoms with Crippen molar-refractivity contribution >= 4 is 22.6 Å². The molecule has 1 aliphatic carbocycles. The van der Waals surface area contributed by atoms with Crippen molar-refractivity contribution in [2.75, 3.05) is 5.32 Å². The number of anilines is 1. The van der Waals surface area contributed by atoms with E-state index in [9.17, 15) is 4.79 Å². The molecule has 0 atom stereocenters. The number of pyridine rings is 1. The van der Waals surface area contributed by atoms with E-state index in [1.165, 1.54) is 5.56 Å². The number of benzene rings is 1. The van der Waals surface area contributed by atoms with Crippen LogP contribution in [0.2, 0.25) is 0 Å². The molecule has 0 saturated heterocycles. The molecule has 22 heavy (non-hydrogen) atoms. The van der Waals surface area contributed by atoms with Crippen LogP contribution in [0.5, 0.6) is 0 Å². The van der Waals surface area contributed by atoms with Crippen LogP contribution in [0.15, 0.2) is 42.7 Å². The molecule has 108 valence electrons. The molecule has 3 aromatic rings. The van der Waals surface area contributed by atoms with Crippen molar-refractivity contribution in [3.05, 3.63) is 48.3 Å². The Morgan fingerprint density at radius 1 is 1.18 bits per heavy atom. The summed E-state index contributed by atoms with van der Waals surface area (Å²) >= 11 is 0. The second kappa shape index (κ2) is 3.97. The van der Waals surface area contributed by atoms with Gasteiger partial charge in [0.25, 0.3) is 0 Å². The van der Waals surface area contributed by atoms with Gasteiger partial charge in [0.1, 0.15) is 5.65 Å². The van der Waals surface area contributed by atoms with Gasteiger partial charge in [0.2, 0.25) is 5.91 Å². The Bertz CT molecular complexity index is 921. The van der Waals surface area contributed by atoms with Crippen LogP contribution in [-0.4, -0.2) is 15.9 Å². The number of aromatic nitrogens is 2. The number of fused-ring (bicyclic) bond motifs is 3. The lowest BCUT2D eigenvalue weighted by molar-refractivity contribution is -0.123. The molecule has 0 unspecified atom stereocenters. The maximum Gasteiger partial charge on any atom is 0.235 e. The van der Waals surface area contributed by atoms with E-state index in [1.54, 1.807) is 6.20 Å². The van der Waals surface area contributed by atoms with Crippen LogP contribution in [0, 0.1) is 0 Å². The molecule has 4 heteroatoms. The highest BCUT2D eigenvalue weighted by Gasteiger charge is 2.50. The Kier molecular flexibility index (Phi) is 2.16. The standard InChI is InChI=1S/C18H15N3O/c22-17-18(6-2-7-18)14-9-11(4-5-15(14)21-17)13-10-20-16-12(13)3-1-8-19-16/h1,3-5,8-10H,2,6-7H2,(H,19,20)(H,21,22). The molecule has 1 saturated carbocycles.